The Morgan fingerprint density at radius 1 is 1.50 bits per heavy atom. The summed E-state index contributed by atoms with van der Waals surface area (Å²) < 4.78 is 5.32. The summed E-state index contributed by atoms with van der Waals surface area (Å²) >= 11 is 5.95. The van der Waals surface area contributed by atoms with Gasteiger partial charge in [-0.25, -0.2) is 4.79 Å². The summed E-state index contributed by atoms with van der Waals surface area (Å²) in [6.07, 6.45) is 3.80. The number of carbonyl (C=O) groups excluding carboxylic acids is 1. The smallest absolute Gasteiger partial charge is 0.331 e. The molecular weight excluding hydrogens is 274 g/mol. The minimum atomic E-state index is -0.783. The molecular formula is C16H20ClNO2. The van der Waals surface area contributed by atoms with Crippen LogP contribution in [-0.2, 0) is 15.1 Å². The lowest BCUT2D eigenvalue weighted by Gasteiger charge is -2.33. The van der Waals surface area contributed by atoms with E-state index in [1.807, 2.05) is 31.2 Å². The first-order chi connectivity index (χ1) is 9.65. The van der Waals surface area contributed by atoms with Crippen LogP contribution in [0, 0.1) is 5.92 Å². The van der Waals surface area contributed by atoms with Crippen molar-refractivity contribution in [2.45, 2.75) is 25.3 Å². The van der Waals surface area contributed by atoms with E-state index in [1.54, 1.807) is 6.08 Å². The molecule has 0 saturated heterocycles. The predicted molar refractivity (Wildman–Crippen MR) is 80.7 cm³/mol. The molecule has 0 amide bonds. The van der Waals surface area contributed by atoms with E-state index in [2.05, 4.69) is 11.9 Å². The van der Waals surface area contributed by atoms with E-state index < -0.39 is 5.54 Å². The van der Waals surface area contributed by atoms with Gasteiger partial charge in [-0.2, -0.15) is 0 Å². The largest absolute Gasteiger partial charge is 0.464 e. The second kappa shape index (κ2) is 6.42. The van der Waals surface area contributed by atoms with Gasteiger partial charge in [0.05, 0.1) is 6.61 Å². The molecule has 0 bridgehead atoms. The van der Waals surface area contributed by atoms with Crippen molar-refractivity contribution < 1.29 is 9.53 Å². The summed E-state index contributed by atoms with van der Waals surface area (Å²) in [6, 6.07) is 7.41. The zero-order chi connectivity index (χ0) is 14.6. The molecule has 0 spiro atoms. The molecule has 1 saturated carbocycles. The number of ether oxygens (including phenoxy) is 1. The molecule has 2 rings (SSSR count). The lowest BCUT2D eigenvalue weighted by Crippen LogP contribution is -2.52. The highest BCUT2D eigenvalue weighted by Crippen LogP contribution is 2.46. The standard InChI is InChI=1S/C16H20ClNO2/c1-3-11-18-16(12-5-6-12,15(19)20-4-2)13-7-9-14(17)10-8-13/h3,7-10,12,18H,1,4-6,11H2,2H3. The van der Waals surface area contributed by atoms with Gasteiger partial charge in [-0.05, 0) is 43.4 Å². The lowest BCUT2D eigenvalue weighted by atomic mass is 9.84. The summed E-state index contributed by atoms with van der Waals surface area (Å²) in [5.41, 5.74) is 0.124. The molecule has 108 valence electrons. The van der Waals surface area contributed by atoms with Gasteiger partial charge in [-0.15, -0.1) is 6.58 Å². The van der Waals surface area contributed by atoms with Crippen molar-refractivity contribution in [1.82, 2.24) is 5.32 Å². The number of hydrogen-bond acceptors (Lipinski definition) is 3. The third-order valence-corrected chi connectivity index (χ3v) is 3.86. The third-order valence-electron chi connectivity index (χ3n) is 3.61. The van der Waals surface area contributed by atoms with Gasteiger partial charge in [0.15, 0.2) is 0 Å². The van der Waals surface area contributed by atoms with Crippen LogP contribution in [0.4, 0.5) is 0 Å². The molecule has 3 nitrogen and oxygen atoms in total. The number of nitrogens with one attached hydrogen (secondary N) is 1. The molecule has 1 aliphatic rings. The van der Waals surface area contributed by atoms with Gasteiger partial charge in [-0.1, -0.05) is 29.8 Å². The van der Waals surface area contributed by atoms with Crippen LogP contribution in [0.1, 0.15) is 25.3 Å². The molecule has 1 atom stereocenters. The van der Waals surface area contributed by atoms with Gasteiger partial charge in [-0.3, -0.25) is 5.32 Å². The quantitative estimate of drug-likeness (QED) is 0.619. The van der Waals surface area contributed by atoms with Gasteiger partial charge in [0.1, 0.15) is 5.54 Å². The highest BCUT2D eigenvalue weighted by molar-refractivity contribution is 6.30. The van der Waals surface area contributed by atoms with Crippen LogP contribution < -0.4 is 5.32 Å². The number of carbonyl (C=O) groups is 1. The Bertz CT molecular complexity index is 482. The number of esters is 1. The van der Waals surface area contributed by atoms with E-state index in [-0.39, 0.29) is 11.9 Å². The maximum absolute atomic E-state index is 12.6. The molecule has 1 aliphatic carbocycles. The number of rotatable bonds is 7. The zero-order valence-corrected chi connectivity index (χ0v) is 12.5. The fourth-order valence-corrected chi connectivity index (χ4v) is 2.67. The molecule has 1 aromatic carbocycles. The maximum Gasteiger partial charge on any atom is 0.331 e. The summed E-state index contributed by atoms with van der Waals surface area (Å²) in [5.74, 6) is 0.0503. The van der Waals surface area contributed by atoms with Crippen LogP contribution in [0.5, 0.6) is 0 Å². The number of halogens is 1. The number of benzene rings is 1. The Morgan fingerprint density at radius 2 is 2.15 bits per heavy atom. The van der Waals surface area contributed by atoms with Crippen LogP contribution in [0.2, 0.25) is 5.02 Å². The Balaban J connectivity index is 2.41. The van der Waals surface area contributed by atoms with Crippen molar-refractivity contribution in [3.05, 3.63) is 47.5 Å². The molecule has 0 aliphatic heterocycles. The van der Waals surface area contributed by atoms with E-state index in [0.717, 1.165) is 18.4 Å². The molecule has 1 fully saturated rings. The highest BCUT2D eigenvalue weighted by atomic mass is 35.5. The van der Waals surface area contributed by atoms with Crippen LogP contribution in [0.3, 0.4) is 0 Å². The molecule has 0 aromatic heterocycles. The molecule has 20 heavy (non-hydrogen) atoms. The van der Waals surface area contributed by atoms with E-state index >= 15 is 0 Å². The Morgan fingerprint density at radius 3 is 2.65 bits per heavy atom. The normalized spacial score (nSPS) is 17.3. The first-order valence-electron chi connectivity index (χ1n) is 6.94. The van der Waals surface area contributed by atoms with Crippen LogP contribution >= 0.6 is 11.6 Å². The van der Waals surface area contributed by atoms with Gasteiger partial charge in [0.2, 0.25) is 0 Å². The summed E-state index contributed by atoms with van der Waals surface area (Å²) in [7, 11) is 0. The topological polar surface area (TPSA) is 38.3 Å². The number of hydrogen-bond donors (Lipinski definition) is 1. The fraction of sp³-hybridized carbons (Fsp3) is 0.438. The third kappa shape index (κ3) is 2.89. The summed E-state index contributed by atoms with van der Waals surface area (Å²) in [4.78, 5) is 12.6. The van der Waals surface area contributed by atoms with Crippen molar-refractivity contribution in [3.8, 4) is 0 Å². The molecule has 4 heteroatoms. The Kier molecular flexibility index (Phi) is 4.84. The van der Waals surface area contributed by atoms with Gasteiger partial charge in [0, 0.05) is 11.6 Å². The minimum absolute atomic E-state index is 0.216. The molecule has 1 unspecified atom stereocenters. The van der Waals surface area contributed by atoms with Crippen LogP contribution in [-0.4, -0.2) is 19.1 Å². The molecule has 1 N–H and O–H groups in total. The van der Waals surface area contributed by atoms with E-state index in [4.69, 9.17) is 16.3 Å². The van der Waals surface area contributed by atoms with Crippen molar-refractivity contribution >= 4 is 17.6 Å². The highest BCUT2D eigenvalue weighted by Gasteiger charge is 2.52. The SMILES string of the molecule is C=CCNC(C(=O)OCC)(c1ccc(Cl)cc1)C1CC1. The fourth-order valence-electron chi connectivity index (χ4n) is 2.55. The Hall–Kier alpha value is -1.32. The van der Waals surface area contributed by atoms with Gasteiger partial charge >= 0.3 is 5.97 Å². The van der Waals surface area contributed by atoms with Gasteiger partial charge in [0.25, 0.3) is 0 Å². The molecule has 1 aromatic rings. The van der Waals surface area contributed by atoms with E-state index in [9.17, 15) is 4.79 Å². The average molecular weight is 294 g/mol. The molecule has 0 heterocycles. The zero-order valence-electron chi connectivity index (χ0n) is 11.7. The Labute approximate surface area is 125 Å². The first-order valence-corrected chi connectivity index (χ1v) is 7.32. The summed E-state index contributed by atoms with van der Waals surface area (Å²) in [5, 5.41) is 3.99. The lowest BCUT2D eigenvalue weighted by molar-refractivity contribution is -0.152. The maximum atomic E-state index is 12.6. The average Bonchev–Trinajstić information content (AvgIpc) is 3.27. The predicted octanol–water partition coefficient (Wildman–Crippen LogP) is 3.28. The minimum Gasteiger partial charge on any atom is -0.464 e. The van der Waals surface area contributed by atoms with Crippen molar-refractivity contribution in [1.29, 1.82) is 0 Å². The first kappa shape index (κ1) is 15.1. The van der Waals surface area contributed by atoms with Crippen molar-refractivity contribution in [2.24, 2.45) is 5.92 Å². The molecule has 0 radical (unpaired) electrons. The van der Waals surface area contributed by atoms with Crippen LogP contribution in [0.15, 0.2) is 36.9 Å². The second-order valence-electron chi connectivity index (χ2n) is 4.98. The second-order valence-corrected chi connectivity index (χ2v) is 5.42. The van der Waals surface area contributed by atoms with Gasteiger partial charge < -0.3 is 4.74 Å². The monoisotopic (exact) mass is 293 g/mol. The van der Waals surface area contributed by atoms with E-state index in [0.29, 0.717) is 18.2 Å². The van der Waals surface area contributed by atoms with Crippen molar-refractivity contribution in [2.75, 3.05) is 13.2 Å². The van der Waals surface area contributed by atoms with E-state index in [1.165, 1.54) is 0 Å². The van der Waals surface area contributed by atoms with Crippen molar-refractivity contribution in [3.63, 3.8) is 0 Å². The summed E-state index contributed by atoms with van der Waals surface area (Å²) in [6.45, 7) is 6.47. The van der Waals surface area contributed by atoms with Crippen LogP contribution in [0.25, 0.3) is 0 Å².